The number of aliphatic hydroxyl groups is 1. The molecule has 2 N–H and O–H groups in total. The predicted octanol–water partition coefficient (Wildman–Crippen LogP) is 0.971. The minimum Gasteiger partial charge on any atom is -0.497 e. The van der Waals surface area contributed by atoms with Crippen molar-refractivity contribution in [3.63, 3.8) is 0 Å². The summed E-state index contributed by atoms with van der Waals surface area (Å²) in [7, 11) is 1.49. The van der Waals surface area contributed by atoms with E-state index in [1.54, 1.807) is 19.1 Å². The summed E-state index contributed by atoms with van der Waals surface area (Å²) in [5.41, 5.74) is -1.30. The van der Waals surface area contributed by atoms with Crippen LogP contribution in [0.2, 0.25) is 0 Å². The lowest BCUT2D eigenvalue weighted by Gasteiger charge is -2.30. The molecule has 1 amide bonds. The third-order valence-electron chi connectivity index (χ3n) is 2.98. The summed E-state index contributed by atoms with van der Waals surface area (Å²) in [6.07, 6.45) is 0.0360. The number of hydrogen-bond donors (Lipinski definition) is 2. The Balaban J connectivity index is 2.56. The Bertz CT molecular complexity index is 497. The molecule has 0 aliphatic carbocycles. The summed E-state index contributed by atoms with van der Waals surface area (Å²) in [5.74, 6) is -0.757. The van der Waals surface area contributed by atoms with E-state index < -0.39 is 17.3 Å². The van der Waals surface area contributed by atoms with Gasteiger partial charge in [0.2, 0.25) is 11.4 Å². The summed E-state index contributed by atoms with van der Waals surface area (Å²) in [6.45, 7) is 1.59. The van der Waals surface area contributed by atoms with Gasteiger partial charge in [0.25, 0.3) is 5.91 Å². The first-order chi connectivity index (χ1) is 8.02. The second kappa shape index (κ2) is 3.85. The van der Waals surface area contributed by atoms with Gasteiger partial charge in [0.1, 0.15) is 5.75 Å². The lowest BCUT2D eigenvalue weighted by atomic mass is 9.85. The van der Waals surface area contributed by atoms with Crippen molar-refractivity contribution in [2.45, 2.75) is 18.9 Å². The van der Waals surface area contributed by atoms with Gasteiger partial charge in [0.15, 0.2) is 0 Å². The Hall–Kier alpha value is -1.88. The number of methoxy groups -OCH3 is 1. The zero-order valence-corrected chi connectivity index (χ0v) is 9.61. The molecule has 1 aliphatic rings. The van der Waals surface area contributed by atoms with Gasteiger partial charge < -0.3 is 15.2 Å². The molecule has 1 aromatic carbocycles. The van der Waals surface area contributed by atoms with Crippen LogP contribution in [-0.4, -0.2) is 29.5 Å². The van der Waals surface area contributed by atoms with Crippen molar-refractivity contribution in [3.8, 4) is 5.75 Å². The molecular weight excluding hydrogens is 222 g/mol. The first kappa shape index (κ1) is 11.6. The molecule has 1 aliphatic heterocycles. The van der Waals surface area contributed by atoms with Crippen LogP contribution in [0, 0.1) is 0 Å². The quantitative estimate of drug-likeness (QED) is 0.749. The van der Waals surface area contributed by atoms with Gasteiger partial charge in [-0.3, -0.25) is 9.59 Å². The fraction of sp³-hybridized carbons (Fsp3) is 0.333. The van der Waals surface area contributed by atoms with E-state index in [9.17, 15) is 14.7 Å². The maximum absolute atomic E-state index is 12.1. The molecule has 0 unspecified atom stereocenters. The molecule has 1 aromatic rings. The fourth-order valence-electron chi connectivity index (χ4n) is 1.82. The molecule has 90 valence electrons. The van der Waals surface area contributed by atoms with Gasteiger partial charge in [0, 0.05) is 5.56 Å². The Morgan fingerprint density at radius 3 is 2.71 bits per heavy atom. The molecule has 17 heavy (non-hydrogen) atoms. The van der Waals surface area contributed by atoms with E-state index >= 15 is 0 Å². The van der Waals surface area contributed by atoms with Crippen molar-refractivity contribution in [3.05, 3.63) is 23.8 Å². The van der Waals surface area contributed by atoms with Gasteiger partial charge in [-0.05, 0) is 24.6 Å². The highest BCUT2D eigenvalue weighted by atomic mass is 16.5. The Morgan fingerprint density at radius 1 is 1.41 bits per heavy atom. The number of nitrogens with one attached hydrogen (secondary N) is 1. The number of hydrogen-bond acceptors (Lipinski definition) is 4. The molecule has 2 rings (SSSR count). The number of carbonyl (C=O) groups excluding carboxylic acids is 2. The highest BCUT2D eigenvalue weighted by Gasteiger charge is 2.46. The first-order valence-corrected chi connectivity index (χ1v) is 5.29. The van der Waals surface area contributed by atoms with Crippen molar-refractivity contribution in [1.82, 2.24) is 0 Å². The van der Waals surface area contributed by atoms with Crippen molar-refractivity contribution >= 4 is 17.4 Å². The smallest absolute Gasteiger partial charge is 0.264 e. The first-order valence-electron chi connectivity index (χ1n) is 5.29. The summed E-state index contributed by atoms with van der Waals surface area (Å²) >= 11 is 0. The Labute approximate surface area is 98.4 Å². The number of anilines is 1. The van der Waals surface area contributed by atoms with E-state index in [1.165, 1.54) is 13.2 Å². The molecule has 5 heteroatoms. The molecule has 0 radical (unpaired) electrons. The third kappa shape index (κ3) is 1.59. The second-order valence-corrected chi connectivity index (χ2v) is 3.91. The van der Waals surface area contributed by atoms with Gasteiger partial charge >= 0.3 is 0 Å². The van der Waals surface area contributed by atoms with E-state index in [-0.39, 0.29) is 12.0 Å². The molecule has 1 heterocycles. The number of carbonyl (C=O) groups is 2. The number of amides is 1. The molecule has 0 saturated carbocycles. The van der Waals surface area contributed by atoms with Crippen molar-refractivity contribution < 1.29 is 19.4 Å². The number of ether oxygens (including phenoxy) is 1. The molecule has 0 bridgehead atoms. The largest absolute Gasteiger partial charge is 0.497 e. The Kier molecular flexibility index (Phi) is 2.63. The van der Waals surface area contributed by atoms with Gasteiger partial charge in [-0.2, -0.15) is 0 Å². The van der Waals surface area contributed by atoms with E-state index in [1.807, 2.05) is 0 Å². The van der Waals surface area contributed by atoms with Crippen LogP contribution in [0.4, 0.5) is 5.69 Å². The average molecular weight is 235 g/mol. The molecule has 5 nitrogen and oxygen atoms in total. The summed E-state index contributed by atoms with van der Waals surface area (Å²) in [5, 5.41) is 12.5. The number of ketones is 1. The van der Waals surface area contributed by atoms with Crippen LogP contribution in [0.25, 0.3) is 0 Å². The number of Topliss-reactive ketones (excluding diaryl/α,β-unsaturated/α-hetero) is 1. The van der Waals surface area contributed by atoms with Gasteiger partial charge in [-0.15, -0.1) is 0 Å². The normalized spacial score (nSPS) is 23.0. The van der Waals surface area contributed by atoms with Crippen molar-refractivity contribution in [1.29, 1.82) is 0 Å². The topological polar surface area (TPSA) is 75.6 Å². The molecular formula is C12H13NO4. The van der Waals surface area contributed by atoms with Crippen molar-refractivity contribution in [2.75, 3.05) is 12.4 Å². The molecule has 1 atom stereocenters. The lowest BCUT2D eigenvalue weighted by molar-refractivity contribution is -0.130. The Morgan fingerprint density at radius 2 is 2.12 bits per heavy atom. The van der Waals surface area contributed by atoms with Gasteiger partial charge in [0.05, 0.1) is 12.8 Å². The van der Waals surface area contributed by atoms with Crippen LogP contribution in [-0.2, 0) is 4.79 Å². The minimum atomic E-state index is -1.97. The van der Waals surface area contributed by atoms with E-state index in [0.717, 1.165) is 0 Å². The monoisotopic (exact) mass is 235 g/mol. The van der Waals surface area contributed by atoms with Crippen LogP contribution in [0.15, 0.2) is 18.2 Å². The molecule has 0 fully saturated rings. The average Bonchev–Trinajstić information content (AvgIpc) is 2.36. The number of rotatable bonds is 2. The predicted molar refractivity (Wildman–Crippen MR) is 61.2 cm³/mol. The van der Waals surface area contributed by atoms with Crippen molar-refractivity contribution in [2.24, 2.45) is 0 Å². The van der Waals surface area contributed by atoms with E-state index in [0.29, 0.717) is 11.4 Å². The van der Waals surface area contributed by atoms with Crippen LogP contribution < -0.4 is 10.1 Å². The standard InChI is InChI=1S/C12H13NO4/c1-3-12(16)10(14)8-6-7(17-2)4-5-9(8)13-11(12)15/h4-6,16H,3H2,1-2H3,(H,13,15)/t12-/m0/s1. The summed E-state index contributed by atoms with van der Waals surface area (Å²) in [4.78, 5) is 23.7. The number of benzene rings is 1. The number of fused-ring (bicyclic) bond motifs is 1. The van der Waals surface area contributed by atoms with E-state index in [2.05, 4.69) is 5.32 Å². The van der Waals surface area contributed by atoms with Crippen LogP contribution in [0.5, 0.6) is 5.75 Å². The van der Waals surface area contributed by atoms with Crippen LogP contribution in [0.3, 0.4) is 0 Å². The second-order valence-electron chi connectivity index (χ2n) is 3.91. The SMILES string of the molecule is CC[C@@]1(O)C(=O)Nc2ccc(OC)cc2C1=O. The highest BCUT2D eigenvalue weighted by molar-refractivity contribution is 6.26. The zero-order chi connectivity index (χ0) is 12.6. The van der Waals surface area contributed by atoms with E-state index in [4.69, 9.17) is 4.74 Å². The molecule has 0 aromatic heterocycles. The third-order valence-corrected chi connectivity index (χ3v) is 2.98. The molecule has 0 spiro atoms. The van der Waals surface area contributed by atoms with Crippen LogP contribution >= 0.6 is 0 Å². The fourth-order valence-corrected chi connectivity index (χ4v) is 1.82. The summed E-state index contributed by atoms with van der Waals surface area (Å²) in [6, 6.07) is 4.74. The maximum atomic E-state index is 12.1. The maximum Gasteiger partial charge on any atom is 0.264 e. The van der Waals surface area contributed by atoms with Gasteiger partial charge in [-0.25, -0.2) is 0 Å². The minimum absolute atomic E-state index is 0.0360. The van der Waals surface area contributed by atoms with Crippen LogP contribution in [0.1, 0.15) is 23.7 Å². The highest BCUT2D eigenvalue weighted by Crippen LogP contribution is 2.32. The lowest BCUT2D eigenvalue weighted by Crippen LogP contribution is -2.52. The molecule has 0 saturated heterocycles. The zero-order valence-electron chi connectivity index (χ0n) is 9.61. The van der Waals surface area contributed by atoms with Gasteiger partial charge in [-0.1, -0.05) is 6.92 Å². The summed E-state index contributed by atoms with van der Waals surface area (Å²) < 4.78 is 5.01.